The standard InChI is InChI=1S/C12H8ClN3O2S/c1-6-5-14-16-8(12(17)18)4-7(15-11(6)16)9-2-3-10(13)19-9/h2-5H,1H3,(H,17,18). The Morgan fingerprint density at radius 3 is 2.89 bits per heavy atom. The Kier molecular flexibility index (Phi) is 2.76. The van der Waals surface area contributed by atoms with Crippen molar-refractivity contribution in [3.8, 4) is 10.6 Å². The Hall–Kier alpha value is -1.92. The number of carbonyl (C=O) groups is 1. The fraction of sp³-hybridized carbons (Fsp3) is 0.0833. The molecular formula is C12H8ClN3O2S. The molecule has 19 heavy (non-hydrogen) atoms. The normalized spacial score (nSPS) is 11.1. The van der Waals surface area contributed by atoms with Gasteiger partial charge in [0.1, 0.15) is 0 Å². The van der Waals surface area contributed by atoms with Gasteiger partial charge >= 0.3 is 5.97 Å². The van der Waals surface area contributed by atoms with Crippen molar-refractivity contribution < 1.29 is 9.90 Å². The molecule has 3 aromatic rings. The van der Waals surface area contributed by atoms with Gasteiger partial charge in [-0.2, -0.15) is 5.10 Å². The molecule has 1 N–H and O–H groups in total. The van der Waals surface area contributed by atoms with Crippen molar-refractivity contribution >= 4 is 34.6 Å². The molecule has 0 aliphatic carbocycles. The lowest BCUT2D eigenvalue weighted by Gasteiger charge is -2.03. The zero-order valence-electron chi connectivity index (χ0n) is 9.79. The molecule has 0 saturated carbocycles. The highest BCUT2D eigenvalue weighted by atomic mass is 35.5. The van der Waals surface area contributed by atoms with Gasteiger partial charge in [0.2, 0.25) is 0 Å². The third kappa shape index (κ3) is 1.98. The van der Waals surface area contributed by atoms with Gasteiger partial charge in [0, 0.05) is 5.56 Å². The van der Waals surface area contributed by atoms with Crippen LogP contribution in [0.1, 0.15) is 16.1 Å². The number of nitrogens with zero attached hydrogens (tertiary/aromatic N) is 3. The van der Waals surface area contributed by atoms with Gasteiger partial charge in [0.25, 0.3) is 0 Å². The molecule has 0 atom stereocenters. The summed E-state index contributed by atoms with van der Waals surface area (Å²) in [7, 11) is 0. The maximum Gasteiger partial charge on any atom is 0.354 e. The van der Waals surface area contributed by atoms with Crippen molar-refractivity contribution in [3.05, 3.63) is 40.0 Å². The molecule has 3 rings (SSSR count). The quantitative estimate of drug-likeness (QED) is 0.788. The largest absolute Gasteiger partial charge is 0.477 e. The second-order valence-electron chi connectivity index (χ2n) is 4.00. The molecule has 0 aromatic carbocycles. The van der Waals surface area contributed by atoms with Crippen molar-refractivity contribution in [3.63, 3.8) is 0 Å². The Morgan fingerprint density at radius 2 is 2.26 bits per heavy atom. The molecule has 0 aliphatic heterocycles. The first-order valence-corrected chi connectivity index (χ1v) is 6.60. The van der Waals surface area contributed by atoms with Crippen molar-refractivity contribution in [1.29, 1.82) is 0 Å². The van der Waals surface area contributed by atoms with Crippen molar-refractivity contribution in [2.45, 2.75) is 6.92 Å². The third-order valence-electron chi connectivity index (χ3n) is 2.69. The molecule has 0 bridgehead atoms. The van der Waals surface area contributed by atoms with Crippen LogP contribution in [-0.2, 0) is 0 Å². The van der Waals surface area contributed by atoms with Gasteiger partial charge in [0.15, 0.2) is 11.3 Å². The van der Waals surface area contributed by atoms with Gasteiger partial charge in [0.05, 0.1) is 21.1 Å². The molecule has 3 heterocycles. The van der Waals surface area contributed by atoms with E-state index in [0.29, 0.717) is 15.7 Å². The number of carboxylic acid groups (broad SMARTS) is 1. The minimum atomic E-state index is -1.04. The summed E-state index contributed by atoms with van der Waals surface area (Å²) in [6, 6.07) is 5.09. The van der Waals surface area contributed by atoms with Crippen LogP contribution in [0.15, 0.2) is 24.4 Å². The van der Waals surface area contributed by atoms with E-state index in [4.69, 9.17) is 11.6 Å². The molecule has 0 saturated heterocycles. The fourth-order valence-corrected chi connectivity index (χ4v) is 2.81. The first kappa shape index (κ1) is 12.1. The van der Waals surface area contributed by atoms with Crippen LogP contribution in [0.2, 0.25) is 4.34 Å². The van der Waals surface area contributed by atoms with Crippen molar-refractivity contribution in [2.24, 2.45) is 0 Å². The zero-order chi connectivity index (χ0) is 13.6. The average Bonchev–Trinajstić information content (AvgIpc) is 2.95. The van der Waals surface area contributed by atoms with Crippen LogP contribution >= 0.6 is 22.9 Å². The van der Waals surface area contributed by atoms with E-state index < -0.39 is 5.97 Å². The molecule has 3 aromatic heterocycles. The lowest BCUT2D eigenvalue weighted by molar-refractivity contribution is 0.0687. The van der Waals surface area contributed by atoms with E-state index in [9.17, 15) is 9.90 Å². The number of fused-ring (bicyclic) bond motifs is 1. The van der Waals surface area contributed by atoms with Crippen molar-refractivity contribution in [2.75, 3.05) is 0 Å². The molecule has 5 nitrogen and oxygen atoms in total. The predicted molar refractivity (Wildman–Crippen MR) is 73.0 cm³/mol. The van der Waals surface area contributed by atoms with Crippen LogP contribution in [0.3, 0.4) is 0 Å². The first-order chi connectivity index (χ1) is 9.06. The van der Waals surface area contributed by atoms with E-state index in [1.54, 1.807) is 12.3 Å². The lowest BCUT2D eigenvalue weighted by Crippen LogP contribution is -2.08. The lowest BCUT2D eigenvalue weighted by atomic mass is 10.2. The maximum absolute atomic E-state index is 11.3. The second kappa shape index (κ2) is 4.32. The number of hydrogen-bond donors (Lipinski definition) is 1. The second-order valence-corrected chi connectivity index (χ2v) is 5.71. The van der Waals surface area contributed by atoms with E-state index in [-0.39, 0.29) is 5.69 Å². The smallest absolute Gasteiger partial charge is 0.354 e. The van der Waals surface area contributed by atoms with E-state index in [2.05, 4.69) is 10.1 Å². The van der Waals surface area contributed by atoms with Crippen LogP contribution in [-0.4, -0.2) is 25.7 Å². The van der Waals surface area contributed by atoms with Gasteiger partial charge in [-0.15, -0.1) is 11.3 Å². The summed E-state index contributed by atoms with van der Waals surface area (Å²) < 4.78 is 1.97. The summed E-state index contributed by atoms with van der Waals surface area (Å²) in [6.07, 6.45) is 1.60. The van der Waals surface area contributed by atoms with Gasteiger partial charge in [-0.1, -0.05) is 11.6 Å². The summed E-state index contributed by atoms with van der Waals surface area (Å²) in [4.78, 5) is 16.6. The minimum absolute atomic E-state index is 0.0811. The van der Waals surface area contributed by atoms with Gasteiger partial charge in [-0.05, 0) is 25.1 Å². The van der Waals surface area contributed by atoms with Crippen LogP contribution in [0, 0.1) is 6.92 Å². The third-order valence-corrected chi connectivity index (χ3v) is 3.95. The highest BCUT2D eigenvalue weighted by Gasteiger charge is 2.16. The summed E-state index contributed by atoms with van der Waals surface area (Å²) in [6.45, 7) is 1.84. The monoisotopic (exact) mass is 293 g/mol. The Labute approximate surface area is 117 Å². The maximum atomic E-state index is 11.3. The van der Waals surface area contributed by atoms with Gasteiger partial charge in [-0.25, -0.2) is 14.3 Å². The number of aromatic carboxylic acids is 1. The molecular weight excluding hydrogens is 286 g/mol. The average molecular weight is 294 g/mol. The molecule has 0 amide bonds. The number of rotatable bonds is 2. The molecule has 0 spiro atoms. The first-order valence-electron chi connectivity index (χ1n) is 5.40. The van der Waals surface area contributed by atoms with E-state index in [1.165, 1.54) is 21.9 Å². The molecule has 0 aliphatic rings. The Bertz CT molecular complexity index is 793. The number of hydrogen-bond acceptors (Lipinski definition) is 4. The summed E-state index contributed by atoms with van der Waals surface area (Å²) >= 11 is 7.26. The predicted octanol–water partition coefficient (Wildman–Crippen LogP) is 3.12. The molecule has 96 valence electrons. The summed E-state index contributed by atoms with van der Waals surface area (Å²) in [5, 5.41) is 13.3. The van der Waals surface area contributed by atoms with Gasteiger partial charge in [-0.3, -0.25) is 0 Å². The van der Waals surface area contributed by atoms with E-state index in [0.717, 1.165) is 10.4 Å². The highest BCUT2D eigenvalue weighted by Crippen LogP contribution is 2.30. The number of carboxylic acids is 1. The number of thiophene rings is 1. The number of halogens is 1. The van der Waals surface area contributed by atoms with Crippen molar-refractivity contribution in [1.82, 2.24) is 14.6 Å². The SMILES string of the molecule is Cc1cnn2c(C(=O)O)cc(-c3ccc(Cl)s3)nc12. The highest BCUT2D eigenvalue weighted by molar-refractivity contribution is 7.19. The van der Waals surface area contributed by atoms with Crippen LogP contribution in [0.25, 0.3) is 16.2 Å². The Morgan fingerprint density at radius 1 is 1.47 bits per heavy atom. The molecule has 0 radical (unpaired) electrons. The summed E-state index contributed by atoms with van der Waals surface area (Å²) in [5.41, 5.74) is 2.04. The molecule has 7 heteroatoms. The molecule has 0 fully saturated rings. The Balaban J connectivity index is 2.32. The topological polar surface area (TPSA) is 67.5 Å². The number of aryl methyl sites for hydroxylation is 1. The van der Waals surface area contributed by atoms with Crippen LogP contribution in [0.5, 0.6) is 0 Å². The molecule has 0 unspecified atom stereocenters. The zero-order valence-corrected chi connectivity index (χ0v) is 11.4. The van der Waals surface area contributed by atoms with Gasteiger partial charge < -0.3 is 5.11 Å². The number of aromatic nitrogens is 3. The van der Waals surface area contributed by atoms with E-state index >= 15 is 0 Å². The van der Waals surface area contributed by atoms with E-state index in [1.807, 2.05) is 13.0 Å². The summed E-state index contributed by atoms with van der Waals surface area (Å²) in [5.74, 6) is -1.04. The minimum Gasteiger partial charge on any atom is -0.477 e. The van der Waals surface area contributed by atoms with Crippen LogP contribution < -0.4 is 0 Å². The fourth-order valence-electron chi connectivity index (χ4n) is 1.80. The van der Waals surface area contributed by atoms with Crippen LogP contribution in [0.4, 0.5) is 0 Å².